The van der Waals surface area contributed by atoms with Crippen LogP contribution in [0.1, 0.15) is 35.8 Å². The molecular weight excluding hydrogens is 344 g/mol. The number of rotatable bonds is 4. The monoisotopic (exact) mass is 362 g/mol. The molecule has 0 radical (unpaired) electrons. The van der Waals surface area contributed by atoms with Crippen LogP contribution in [0.2, 0.25) is 0 Å². The predicted molar refractivity (Wildman–Crippen MR) is 100 cm³/mol. The molecule has 0 aliphatic heterocycles. The lowest BCUT2D eigenvalue weighted by Gasteiger charge is -2.10. The lowest BCUT2D eigenvalue weighted by molar-refractivity contribution is 0.102. The van der Waals surface area contributed by atoms with Gasteiger partial charge in [-0.3, -0.25) is 4.79 Å². The highest BCUT2D eigenvalue weighted by Crippen LogP contribution is 2.25. The molecule has 0 aliphatic rings. The van der Waals surface area contributed by atoms with Crippen molar-refractivity contribution in [3.8, 4) is 11.5 Å². The second-order valence-electron chi connectivity index (χ2n) is 6.55. The van der Waals surface area contributed by atoms with Crippen LogP contribution in [-0.2, 0) is 0 Å². The lowest BCUT2D eigenvalue weighted by atomic mass is 10.1. The molecule has 4 aromatic rings. The molecular formula is C19H18N6O2. The van der Waals surface area contributed by atoms with Crippen LogP contribution in [-0.4, -0.2) is 30.9 Å². The summed E-state index contributed by atoms with van der Waals surface area (Å²) in [5, 5.41) is 15.7. The third kappa shape index (κ3) is 3.17. The van der Waals surface area contributed by atoms with E-state index in [-0.39, 0.29) is 11.9 Å². The predicted octanol–water partition coefficient (Wildman–Crippen LogP) is 3.62. The van der Waals surface area contributed by atoms with E-state index < -0.39 is 0 Å². The summed E-state index contributed by atoms with van der Waals surface area (Å²) < 4.78 is 7.05. The Kier molecular flexibility index (Phi) is 4.15. The summed E-state index contributed by atoms with van der Waals surface area (Å²) in [4.78, 5) is 17.1. The maximum absolute atomic E-state index is 12.7. The van der Waals surface area contributed by atoms with E-state index in [1.165, 1.54) is 6.39 Å². The zero-order valence-corrected chi connectivity index (χ0v) is 15.2. The van der Waals surface area contributed by atoms with E-state index in [0.29, 0.717) is 17.1 Å². The fourth-order valence-corrected chi connectivity index (χ4v) is 2.83. The number of benzene rings is 1. The van der Waals surface area contributed by atoms with E-state index in [0.717, 1.165) is 22.2 Å². The highest BCUT2D eigenvalue weighted by Gasteiger charge is 2.14. The normalized spacial score (nSPS) is 11.3. The molecule has 3 heterocycles. The van der Waals surface area contributed by atoms with Gasteiger partial charge in [0, 0.05) is 28.9 Å². The van der Waals surface area contributed by atoms with E-state index in [4.69, 9.17) is 4.42 Å². The Hall–Kier alpha value is -3.55. The molecule has 0 bridgehead atoms. The summed E-state index contributed by atoms with van der Waals surface area (Å²) in [6, 6.07) is 7.56. The number of carbonyl (C=O) groups excluding carboxylic acids is 1. The fourth-order valence-electron chi connectivity index (χ4n) is 2.83. The van der Waals surface area contributed by atoms with Crippen molar-refractivity contribution in [2.45, 2.75) is 26.8 Å². The van der Waals surface area contributed by atoms with Gasteiger partial charge in [0.05, 0.1) is 11.8 Å². The van der Waals surface area contributed by atoms with Crippen molar-refractivity contribution < 1.29 is 9.21 Å². The van der Waals surface area contributed by atoms with E-state index in [2.05, 4.69) is 25.6 Å². The molecule has 3 aromatic heterocycles. The molecule has 1 N–H and O–H groups in total. The SMILES string of the molecule is Cc1ccc(-c2nnco2)cc1NC(=O)c1cnc2c(cnn2C(C)C)c1. The van der Waals surface area contributed by atoms with Crippen molar-refractivity contribution in [1.29, 1.82) is 0 Å². The van der Waals surface area contributed by atoms with Crippen molar-refractivity contribution in [3.05, 3.63) is 54.2 Å². The van der Waals surface area contributed by atoms with Gasteiger partial charge >= 0.3 is 0 Å². The minimum atomic E-state index is -0.243. The Morgan fingerprint density at radius 1 is 1.22 bits per heavy atom. The number of carbonyl (C=O) groups is 1. The Labute approximate surface area is 155 Å². The smallest absolute Gasteiger partial charge is 0.257 e. The van der Waals surface area contributed by atoms with E-state index in [1.54, 1.807) is 18.5 Å². The number of pyridine rings is 1. The first-order valence-electron chi connectivity index (χ1n) is 8.55. The second-order valence-corrected chi connectivity index (χ2v) is 6.55. The van der Waals surface area contributed by atoms with Gasteiger partial charge < -0.3 is 9.73 Å². The number of hydrogen-bond donors (Lipinski definition) is 1. The molecule has 27 heavy (non-hydrogen) atoms. The van der Waals surface area contributed by atoms with Crippen LogP contribution in [0.3, 0.4) is 0 Å². The van der Waals surface area contributed by atoms with Crippen molar-refractivity contribution in [1.82, 2.24) is 25.0 Å². The molecule has 0 spiro atoms. The third-order valence-electron chi connectivity index (χ3n) is 4.28. The van der Waals surface area contributed by atoms with Gasteiger partial charge in [0.25, 0.3) is 5.91 Å². The molecule has 0 fully saturated rings. The van der Waals surface area contributed by atoms with E-state index in [1.807, 2.05) is 43.7 Å². The minimum absolute atomic E-state index is 0.199. The van der Waals surface area contributed by atoms with Crippen molar-refractivity contribution >= 4 is 22.6 Å². The summed E-state index contributed by atoms with van der Waals surface area (Å²) in [5.41, 5.74) is 3.56. The molecule has 4 rings (SSSR count). The van der Waals surface area contributed by atoms with Crippen LogP contribution in [0.5, 0.6) is 0 Å². The number of amides is 1. The topological polar surface area (TPSA) is 98.7 Å². The summed E-state index contributed by atoms with van der Waals surface area (Å²) in [6.07, 6.45) is 4.56. The van der Waals surface area contributed by atoms with Crippen LogP contribution < -0.4 is 5.32 Å². The maximum Gasteiger partial charge on any atom is 0.257 e. The average Bonchev–Trinajstić information content (AvgIpc) is 3.32. The zero-order chi connectivity index (χ0) is 19.0. The molecule has 0 saturated carbocycles. The number of aromatic nitrogens is 5. The molecule has 0 saturated heterocycles. The van der Waals surface area contributed by atoms with Crippen molar-refractivity contribution in [2.75, 3.05) is 5.32 Å². The van der Waals surface area contributed by atoms with Gasteiger partial charge in [0.2, 0.25) is 12.3 Å². The first-order valence-corrected chi connectivity index (χ1v) is 8.55. The maximum atomic E-state index is 12.7. The quantitative estimate of drug-likeness (QED) is 0.595. The number of aryl methyl sites for hydroxylation is 1. The van der Waals surface area contributed by atoms with E-state index >= 15 is 0 Å². The average molecular weight is 362 g/mol. The summed E-state index contributed by atoms with van der Waals surface area (Å²) in [5.74, 6) is 0.155. The Morgan fingerprint density at radius 2 is 2.07 bits per heavy atom. The number of anilines is 1. The Balaban J connectivity index is 1.62. The van der Waals surface area contributed by atoms with Crippen molar-refractivity contribution in [2.24, 2.45) is 0 Å². The highest BCUT2D eigenvalue weighted by atomic mass is 16.4. The molecule has 136 valence electrons. The molecule has 0 unspecified atom stereocenters. The first-order chi connectivity index (χ1) is 13.0. The number of nitrogens with one attached hydrogen (secondary N) is 1. The minimum Gasteiger partial charge on any atom is -0.423 e. The van der Waals surface area contributed by atoms with Gasteiger partial charge in [-0.05, 0) is 44.5 Å². The standard InChI is InChI=1S/C19H18N6O2/c1-11(2)25-17-14(9-22-25)6-15(8-20-17)18(26)23-16-7-13(5-4-12(16)3)19-24-21-10-27-19/h4-11H,1-3H3,(H,23,26). The number of nitrogens with zero attached hydrogens (tertiary/aromatic N) is 5. The fraction of sp³-hybridized carbons (Fsp3) is 0.211. The van der Waals surface area contributed by atoms with Crippen LogP contribution in [0.15, 0.2) is 47.5 Å². The highest BCUT2D eigenvalue weighted by molar-refractivity contribution is 6.06. The van der Waals surface area contributed by atoms with Gasteiger partial charge in [-0.25, -0.2) is 9.67 Å². The van der Waals surface area contributed by atoms with Crippen LogP contribution >= 0.6 is 0 Å². The Bertz CT molecular complexity index is 1110. The third-order valence-corrected chi connectivity index (χ3v) is 4.28. The largest absolute Gasteiger partial charge is 0.423 e. The molecule has 0 atom stereocenters. The van der Waals surface area contributed by atoms with Crippen LogP contribution in [0.4, 0.5) is 5.69 Å². The van der Waals surface area contributed by atoms with Gasteiger partial charge in [-0.1, -0.05) is 6.07 Å². The van der Waals surface area contributed by atoms with Gasteiger partial charge in [-0.15, -0.1) is 10.2 Å². The lowest BCUT2D eigenvalue weighted by Crippen LogP contribution is -2.13. The summed E-state index contributed by atoms with van der Waals surface area (Å²) in [7, 11) is 0. The van der Waals surface area contributed by atoms with Crippen LogP contribution in [0.25, 0.3) is 22.5 Å². The summed E-state index contributed by atoms with van der Waals surface area (Å²) >= 11 is 0. The molecule has 1 amide bonds. The second kappa shape index (κ2) is 6.64. The molecule has 8 nitrogen and oxygen atoms in total. The zero-order valence-electron chi connectivity index (χ0n) is 15.2. The number of hydrogen-bond acceptors (Lipinski definition) is 6. The van der Waals surface area contributed by atoms with Gasteiger partial charge in [0.1, 0.15) is 0 Å². The van der Waals surface area contributed by atoms with E-state index in [9.17, 15) is 4.79 Å². The molecule has 8 heteroatoms. The molecule has 0 aliphatic carbocycles. The summed E-state index contributed by atoms with van der Waals surface area (Å²) in [6.45, 7) is 5.99. The molecule has 1 aromatic carbocycles. The van der Waals surface area contributed by atoms with Gasteiger partial charge in [-0.2, -0.15) is 5.10 Å². The first kappa shape index (κ1) is 16.9. The van der Waals surface area contributed by atoms with Crippen LogP contribution in [0, 0.1) is 6.92 Å². The Morgan fingerprint density at radius 3 is 2.81 bits per heavy atom. The number of fused-ring (bicyclic) bond motifs is 1. The van der Waals surface area contributed by atoms with Gasteiger partial charge in [0.15, 0.2) is 5.65 Å². The van der Waals surface area contributed by atoms with Crippen molar-refractivity contribution in [3.63, 3.8) is 0 Å².